The summed E-state index contributed by atoms with van der Waals surface area (Å²) in [6.07, 6.45) is 0. The number of likely N-dealkylation sites (N-methyl/N-ethyl adjacent to an activating group) is 1. The molecule has 3 aromatic carbocycles. The molecule has 1 fully saturated rings. The van der Waals surface area contributed by atoms with Crippen molar-refractivity contribution in [3.8, 4) is 11.1 Å². The zero-order valence-corrected chi connectivity index (χ0v) is 13.6. The summed E-state index contributed by atoms with van der Waals surface area (Å²) in [4.78, 5) is 14.8. The average Bonchev–Trinajstić information content (AvgIpc) is 3.33. The van der Waals surface area contributed by atoms with Crippen LogP contribution in [0.2, 0.25) is 0 Å². The molecule has 1 heterocycles. The average molecular weight is 313 g/mol. The Morgan fingerprint density at radius 3 is 1.92 bits per heavy atom. The number of hydrogen-bond donors (Lipinski definition) is 0. The molecule has 4 rings (SSSR count). The number of carbonyl (C=O) groups excluding carboxylic acids is 1. The third-order valence-electron chi connectivity index (χ3n) is 4.77. The number of benzene rings is 3. The monoisotopic (exact) mass is 313 g/mol. The number of rotatable bonds is 4. The summed E-state index contributed by atoms with van der Waals surface area (Å²) in [5, 5.41) is 0. The number of Topliss-reactive ketones (excluding diaryl/α,β-unsaturated/α-hetero) is 1. The Morgan fingerprint density at radius 1 is 0.750 bits per heavy atom. The van der Waals surface area contributed by atoms with Gasteiger partial charge in [-0.2, -0.15) is 0 Å². The fourth-order valence-electron chi connectivity index (χ4n) is 3.36. The third-order valence-corrected chi connectivity index (χ3v) is 4.77. The first-order valence-corrected chi connectivity index (χ1v) is 8.22. The van der Waals surface area contributed by atoms with Gasteiger partial charge in [0.25, 0.3) is 0 Å². The van der Waals surface area contributed by atoms with E-state index in [4.69, 9.17) is 0 Å². The molecule has 24 heavy (non-hydrogen) atoms. The molecule has 2 heteroatoms. The van der Waals surface area contributed by atoms with E-state index in [2.05, 4.69) is 41.3 Å². The lowest BCUT2D eigenvalue weighted by atomic mass is 10.00. The van der Waals surface area contributed by atoms with Gasteiger partial charge in [0.05, 0.1) is 12.1 Å². The van der Waals surface area contributed by atoms with Gasteiger partial charge in [-0.1, -0.05) is 84.9 Å². The van der Waals surface area contributed by atoms with Crippen molar-refractivity contribution < 1.29 is 4.79 Å². The van der Waals surface area contributed by atoms with Crippen LogP contribution < -0.4 is 0 Å². The predicted octanol–water partition coefficient (Wildman–Crippen LogP) is 4.59. The van der Waals surface area contributed by atoms with Crippen molar-refractivity contribution in [2.75, 3.05) is 7.05 Å². The van der Waals surface area contributed by atoms with Crippen LogP contribution in [-0.4, -0.2) is 23.8 Å². The standard InChI is InChI=1S/C22H19NO/c1-23-20(21(23)22(24)19-10-6-3-7-11-19)18-14-12-17(13-15-18)16-8-4-2-5-9-16/h2-15,20-21H,1H3/t20-,21+,23?/m0/s1. The van der Waals surface area contributed by atoms with Gasteiger partial charge < -0.3 is 0 Å². The van der Waals surface area contributed by atoms with Crippen molar-refractivity contribution in [2.45, 2.75) is 12.1 Å². The molecule has 0 aromatic heterocycles. The van der Waals surface area contributed by atoms with Gasteiger partial charge in [0.15, 0.2) is 5.78 Å². The summed E-state index contributed by atoms with van der Waals surface area (Å²) in [7, 11) is 2.02. The molecule has 0 amide bonds. The van der Waals surface area contributed by atoms with Gasteiger partial charge in [-0.3, -0.25) is 9.69 Å². The fourth-order valence-corrected chi connectivity index (χ4v) is 3.36. The van der Waals surface area contributed by atoms with Gasteiger partial charge in [-0.15, -0.1) is 0 Å². The highest BCUT2D eigenvalue weighted by molar-refractivity contribution is 6.02. The maximum atomic E-state index is 12.6. The zero-order valence-electron chi connectivity index (χ0n) is 13.6. The molecule has 1 unspecified atom stereocenters. The zero-order chi connectivity index (χ0) is 16.5. The Morgan fingerprint density at radius 2 is 1.29 bits per heavy atom. The summed E-state index contributed by atoms with van der Waals surface area (Å²) in [5.74, 6) is 0.204. The minimum Gasteiger partial charge on any atom is -0.292 e. The second kappa shape index (κ2) is 6.06. The Labute approximate surface area is 142 Å². The van der Waals surface area contributed by atoms with Gasteiger partial charge >= 0.3 is 0 Å². The van der Waals surface area contributed by atoms with E-state index in [9.17, 15) is 4.79 Å². The van der Waals surface area contributed by atoms with Crippen molar-refractivity contribution in [1.82, 2.24) is 4.90 Å². The van der Waals surface area contributed by atoms with E-state index in [1.807, 2.05) is 55.6 Å². The minimum absolute atomic E-state index is 0.0463. The second-order valence-electron chi connectivity index (χ2n) is 6.27. The van der Waals surface area contributed by atoms with Crippen molar-refractivity contribution in [3.05, 3.63) is 96.1 Å². The van der Waals surface area contributed by atoms with Crippen LogP contribution in [0.1, 0.15) is 22.0 Å². The van der Waals surface area contributed by atoms with Gasteiger partial charge in [-0.05, 0) is 23.7 Å². The largest absolute Gasteiger partial charge is 0.292 e. The van der Waals surface area contributed by atoms with Gasteiger partial charge in [-0.25, -0.2) is 0 Å². The molecule has 2 nitrogen and oxygen atoms in total. The van der Waals surface area contributed by atoms with Gasteiger partial charge in [0.1, 0.15) is 0 Å². The Hall–Kier alpha value is -2.71. The predicted molar refractivity (Wildman–Crippen MR) is 96.9 cm³/mol. The van der Waals surface area contributed by atoms with E-state index >= 15 is 0 Å². The molecule has 118 valence electrons. The van der Waals surface area contributed by atoms with Crippen LogP contribution in [0.3, 0.4) is 0 Å². The normalized spacial score (nSPS) is 22.1. The van der Waals surface area contributed by atoms with Gasteiger partial charge in [0.2, 0.25) is 0 Å². The lowest BCUT2D eigenvalue weighted by Gasteiger charge is -2.04. The Kier molecular flexibility index (Phi) is 3.75. The lowest BCUT2D eigenvalue weighted by Crippen LogP contribution is -2.11. The molecule has 1 aliphatic heterocycles. The Balaban J connectivity index is 1.54. The van der Waals surface area contributed by atoms with E-state index in [-0.39, 0.29) is 17.9 Å². The summed E-state index contributed by atoms with van der Waals surface area (Å²) < 4.78 is 0. The van der Waals surface area contributed by atoms with Crippen molar-refractivity contribution in [1.29, 1.82) is 0 Å². The molecule has 0 spiro atoms. The molecule has 0 bridgehead atoms. The van der Waals surface area contributed by atoms with Crippen LogP contribution in [0.25, 0.3) is 11.1 Å². The van der Waals surface area contributed by atoms with Crippen LogP contribution in [-0.2, 0) is 0 Å². The summed E-state index contributed by atoms with van der Waals surface area (Å²) in [6.45, 7) is 0. The third kappa shape index (κ3) is 2.66. The van der Waals surface area contributed by atoms with Crippen LogP contribution >= 0.6 is 0 Å². The SMILES string of the molecule is CN1[C@@H](C(=O)c2ccccc2)[C@@H]1c1ccc(-c2ccccc2)cc1. The van der Waals surface area contributed by atoms with Crippen LogP contribution in [0.4, 0.5) is 0 Å². The molecule has 0 N–H and O–H groups in total. The molecule has 0 aliphatic carbocycles. The lowest BCUT2D eigenvalue weighted by molar-refractivity contribution is 0.0977. The molecule has 0 radical (unpaired) electrons. The van der Waals surface area contributed by atoms with Crippen molar-refractivity contribution in [2.24, 2.45) is 0 Å². The number of ketones is 1. The molecule has 0 saturated carbocycles. The second-order valence-corrected chi connectivity index (χ2v) is 6.27. The summed E-state index contributed by atoms with van der Waals surface area (Å²) >= 11 is 0. The number of hydrogen-bond acceptors (Lipinski definition) is 2. The van der Waals surface area contributed by atoms with E-state index in [1.165, 1.54) is 16.7 Å². The fraction of sp³-hybridized carbons (Fsp3) is 0.136. The molecule has 1 saturated heterocycles. The van der Waals surface area contributed by atoms with Crippen LogP contribution in [0.5, 0.6) is 0 Å². The molecular weight excluding hydrogens is 294 g/mol. The smallest absolute Gasteiger partial charge is 0.181 e. The van der Waals surface area contributed by atoms with Crippen molar-refractivity contribution >= 4 is 5.78 Å². The minimum atomic E-state index is -0.0463. The first kappa shape index (κ1) is 14.9. The van der Waals surface area contributed by atoms with E-state index in [0.717, 1.165) is 5.56 Å². The maximum absolute atomic E-state index is 12.6. The summed E-state index contributed by atoms with van der Waals surface area (Å²) in [6, 6.07) is 28.6. The molecule has 1 aliphatic rings. The highest BCUT2D eigenvalue weighted by atomic mass is 16.1. The summed E-state index contributed by atoms with van der Waals surface area (Å²) in [5.41, 5.74) is 4.41. The van der Waals surface area contributed by atoms with E-state index in [0.29, 0.717) is 0 Å². The van der Waals surface area contributed by atoms with E-state index in [1.54, 1.807) is 0 Å². The quantitative estimate of drug-likeness (QED) is 0.518. The van der Waals surface area contributed by atoms with Crippen LogP contribution in [0.15, 0.2) is 84.9 Å². The highest BCUT2D eigenvalue weighted by Crippen LogP contribution is 2.43. The first-order valence-electron chi connectivity index (χ1n) is 8.22. The number of nitrogens with zero attached hydrogens (tertiary/aromatic N) is 1. The van der Waals surface area contributed by atoms with Crippen molar-refractivity contribution in [3.63, 3.8) is 0 Å². The first-order chi connectivity index (χ1) is 11.8. The van der Waals surface area contributed by atoms with Crippen LogP contribution in [0, 0.1) is 0 Å². The van der Waals surface area contributed by atoms with E-state index < -0.39 is 0 Å². The molecule has 3 aromatic rings. The topological polar surface area (TPSA) is 20.1 Å². The maximum Gasteiger partial charge on any atom is 0.181 e. The Bertz CT molecular complexity index is 840. The molecule has 3 atom stereocenters. The molecular formula is C22H19NO. The van der Waals surface area contributed by atoms with Gasteiger partial charge in [0, 0.05) is 5.56 Å². The highest BCUT2D eigenvalue weighted by Gasteiger charge is 2.50. The number of carbonyl (C=O) groups is 1.